The molecule has 0 aliphatic rings. The van der Waals surface area contributed by atoms with E-state index >= 15 is 0 Å². The highest BCUT2D eigenvalue weighted by atomic mass is 127. The van der Waals surface area contributed by atoms with Gasteiger partial charge in [0.25, 0.3) is 0 Å². The Morgan fingerprint density at radius 3 is 0.922 bits per heavy atom. The van der Waals surface area contributed by atoms with E-state index in [1.807, 2.05) is 162 Å². The molecule has 0 saturated heterocycles. The standard InChI is InChI=1S/C24H18O4.C21H13Cl2NO3S.C20H11Cl2NO3S.C20H15IO2.C12H10O4.C4H4O2/c1-27-22(25)17-14-18-12-15-21(16-13-18)24(26)28-23(19-8-4-2-5-9-19)20-10-6-3-7-11-20;1-27-21(26)9-4-13-2-5-14(6-3-13)19(25)11-20-24-18(12-28-20)15-7-8-16(22)17(23)10-15;21-15-7-6-14(9-16(15)22)17-11-27-19(23-17)10-18(24)13-4-1-12(2-5-13)3-8-20(25)26;21-18-13-11-17(12-14-18)20(22)23-19(15-7-3-1-4-8-15)16-9-5-2-6-10-16;1-15-11(13)8-5-9-3-6-10(7-4-9)12(14)16-2;1-3-4(5)6-2/h2-13,15-16,23H,1H3;2-3,5-8,10,12H,11H2,1H3;1-2,4-7,9,11H,10H2,(H,25,26);1-14,19H;3-4,6-7H,1-2H3;1H,2H3. The Kier molecular flexibility index (Phi) is 40.4. The fourth-order valence-electron chi connectivity index (χ4n) is 10.6. The number of methoxy groups -OCH3 is 5. The molecule has 128 heavy (non-hydrogen) atoms. The number of benzene rings is 11. The summed E-state index contributed by atoms with van der Waals surface area (Å²) in [6, 6.07) is 82.9. The summed E-state index contributed by atoms with van der Waals surface area (Å²) in [7, 11) is 6.35. The molecule has 20 nitrogen and oxygen atoms in total. The molecule has 0 unspecified atom stereocenters. The topological polar surface area (TPSA) is 281 Å². The predicted octanol–water partition coefficient (Wildman–Crippen LogP) is 20.2. The first-order valence-corrected chi connectivity index (χ1v) is 41.9. The third-order valence-electron chi connectivity index (χ3n) is 17.0. The van der Waals surface area contributed by atoms with E-state index in [0.29, 0.717) is 80.2 Å². The van der Waals surface area contributed by atoms with Gasteiger partial charge in [0.2, 0.25) is 0 Å². The van der Waals surface area contributed by atoms with Gasteiger partial charge in [-0.2, -0.15) is 0 Å². The minimum Gasteiger partial charge on any atom is -0.472 e. The second-order valence-electron chi connectivity index (χ2n) is 25.6. The van der Waals surface area contributed by atoms with Crippen LogP contribution in [0.1, 0.15) is 119 Å². The van der Waals surface area contributed by atoms with Crippen molar-refractivity contribution in [1.82, 2.24) is 9.97 Å². The van der Waals surface area contributed by atoms with Gasteiger partial charge in [0.1, 0.15) is 10.0 Å². The van der Waals surface area contributed by atoms with Crippen molar-refractivity contribution in [3.8, 4) is 82.2 Å². The quantitative estimate of drug-likeness (QED) is 0.0221. The van der Waals surface area contributed by atoms with E-state index < -0.39 is 54.0 Å². The summed E-state index contributed by atoms with van der Waals surface area (Å²) < 4.78 is 34.6. The number of hydrogen-bond acceptors (Lipinski definition) is 21. The van der Waals surface area contributed by atoms with Crippen LogP contribution in [0, 0.1) is 63.3 Å². The summed E-state index contributed by atoms with van der Waals surface area (Å²) in [6.07, 6.45) is 4.01. The zero-order valence-electron chi connectivity index (χ0n) is 68.3. The molecule has 0 fully saturated rings. The zero-order valence-corrected chi connectivity index (χ0v) is 75.2. The van der Waals surface area contributed by atoms with Gasteiger partial charge in [0, 0.05) is 88.4 Å². The summed E-state index contributed by atoms with van der Waals surface area (Å²) in [5.74, 6) is 16.3. The number of aromatic nitrogens is 2. The smallest absolute Gasteiger partial charge is 0.384 e. The van der Waals surface area contributed by atoms with Gasteiger partial charge in [0.05, 0.1) is 96.6 Å². The first-order chi connectivity index (χ1) is 61.8. The van der Waals surface area contributed by atoms with Crippen LogP contribution in [0.2, 0.25) is 20.1 Å². The second-order valence-corrected chi connectivity index (χ2v) is 30.4. The third kappa shape index (κ3) is 32.9. The molecule has 2 aromatic heterocycles. The first-order valence-electron chi connectivity index (χ1n) is 37.6. The molecule has 11 aromatic carbocycles. The van der Waals surface area contributed by atoms with E-state index in [4.69, 9.17) is 61.0 Å². The van der Waals surface area contributed by atoms with Crippen LogP contribution in [0.25, 0.3) is 22.5 Å². The Morgan fingerprint density at radius 2 is 0.648 bits per heavy atom. The van der Waals surface area contributed by atoms with Crippen LogP contribution in [0.3, 0.4) is 0 Å². The number of rotatable bonds is 17. The van der Waals surface area contributed by atoms with Gasteiger partial charge < -0.3 is 38.3 Å². The van der Waals surface area contributed by atoms with Gasteiger partial charge >= 0.3 is 47.8 Å². The lowest BCUT2D eigenvalue weighted by atomic mass is 10.0. The average molecular weight is 1930 g/mol. The van der Waals surface area contributed by atoms with Gasteiger partial charge in [-0.05, 0) is 166 Å². The maximum Gasteiger partial charge on any atom is 0.384 e. The Bertz CT molecular complexity index is 6290. The molecule has 1 N–H and O–H groups in total. The molecule has 0 aliphatic carbocycles. The molecule has 27 heteroatoms. The van der Waals surface area contributed by atoms with Crippen LogP contribution in [-0.4, -0.2) is 110 Å². The Balaban J connectivity index is 0.000000196. The van der Waals surface area contributed by atoms with E-state index in [0.717, 1.165) is 48.3 Å². The van der Waals surface area contributed by atoms with E-state index in [-0.39, 0.29) is 30.4 Å². The van der Waals surface area contributed by atoms with Crippen molar-refractivity contribution in [2.45, 2.75) is 25.0 Å². The normalized spacial score (nSPS) is 9.77. The summed E-state index contributed by atoms with van der Waals surface area (Å²) >= 11 is 29.0. The van der Waals surface area contributed by atoms with Gasteiger partial charge in [-0.1, -0.05) is 228 Å². The molecule has 13 aromatic rings. The molecule has 0 amide bonds. The van der Waals surface area contributed by atoms with E-state index in [1.165, 1.54) is 58.2 Å². The number of hydrogen-bond donors (Lipinski definition) is 1. The van der Waals surface area contributed by atoms with Crippen LogP contribution in [0.4, 0.5) is 0 Å². The van der Waals surface area contributed by atoms with Gasteiger partial charge in [-0.3, -0.25) is 9.59 Å². The number of carbonyl (C=O) groups is 10. The lowest BCUT2D eigenvalue weighted by Crippen LogP contribution is -2.13. The number of ether oxygens (including phenoxy) is 7. The summed E-state index contributed by atoms with van der Waals surface area (Å²) in [6.45, 7) is 0. The van der Waals surface area contributed by atoms with Crippen LogP contribution in [-0.2, 0) is 70.0 Å². The van der Waals surface area contributed by atoms with Crippen molar-refractivity contribution in [1.29, 1.82) is 0 Å². The highest BCUT2D eigenvalue weighted by molar-refractivity contribution is 14.1. The molecular formula is C101H71Cl4IN2O18S2. The Hall–Kier alpha value is -14.5. The maximum atomic E-state index is 12.7. The zero-order chi connectivity index (χ0) is 92.3. The SMILES string of the molecule is C#CC(=O)OC.COC(=O)C#Cc1ccc(C(=O)Cc2nc(-c3ccc(Cl)c(Cl)c3)cs2)cc1.COC(=O)C#Cc1ccc(C(=O)OC(c2ccccc2)c2ccccc2)cc1.COC(=O)C#Cc1ccc(C(=O)OC)cc1.O=C(O)C#Cc1ccc(C(=O)Cc2nc(-c3ccc(Cl)c(Cl)c3)cs2)cc1.O=C(OC(c1ccccc1)c1ccccc1)c1ccc(I)cc1. The van der Waals surface area contributed by atoms with Crippen LogP contribution < -0.4 is 0 Å². The number of thiazole rings is 2. The van der Waals surface area contributed by atoms with Crippen molar-refractivity contribution in [3.05, 3.63) is 396 Å². The number of terminal acetylenes is 1. The highest BCUT2D eigenvalue weighted by Gasteiger charge is 2.23. The number of halogens is 5. The fourth-order valence-corrected chi connectivity index (χ4v) is 13.2. The number of aliphatic carboxylic acids is 1. The third-order valence-corrected chi connectivity index (χ3v) is 20.9. The molecule has 0 aliphatic heterocycles. The van der Waals surface area contributed by atoms with Crippen molar-refractivity contribution in [2.75, 3.05) is 35.5 Å². The average Bonchev–Trinajstić information content (AvgIpc) is 1.69. The number of carboxylic acids is 1. The number of esters is 7. The Labute approximate surface area is 779 Å². The molecule has 0 saturated carbocycles. The highest BCUT2D eigenvalue weighted by Crippen LogP contribution is 2.34. The lowest BCUT2D eigenvalue weighted by molar-refractivity contribution is -0.134. The van der Waals surface area contributed by atoms with Crippen molar-refractivity contribution < 1.29 is 86.2 Å². The fraction of sp³-hybridized carbons (Fsp3) is 0.0891. The molecule has 13 rings (SSSR count). The van der Waals surface area contributed by atoms with Gasteiger partial charge in [-0.25, -0.2) is 48.3 Å². The lowest BCUT2D eigenvalue weighted by Gasteiger charge is -2.19. The monoisotopic (exact) mass is 1930 g/mol. The van der Waals surface area contributed by atoms with Crippen LogP contribution in [0.5, 0.6) is 0 Å². The van der Waals surface area contributed by atoms with Crippen LogP contribution >= 0.6 is 91.7 Å². The largest absolute Gasteiger partial charge is 0.472 e. The second kappa shape index (κ2) is 52.3. The van der Waals surface area contributed by atoms with Crippen molar-refractivity contribution in [3.63, 3.8) is 0 Å². The molecule has 0 radical (unpaired) electrons. The van der Waals surface area contributed by atoms with E-state index in [1.54, 1.807) is 139 Å². The molecule has 2 heterocycles. The first kappa shape index (κ1) is 98.9. The van der Waals surface area contributed by atoms with Crippen molar-refractivity contribution >= 4 is 151 Å². The number of Topliss-reactive ketones (excluding diaryl/α,β-unsaturated/α-hetero) is 2. The molecule has 0 spiro atoms. The van der Waals surface area contributed by atoms with Crippen molar-refractivity contribution in [2.24, 2.45) is 0 Å². The van der Waals surface area contributed by atoms with Crippen LogP contribution in [0.15, 0.2) is 290 Å². The van der Waals surface area contributed by atoms with Gasteiger partial charge in [-0.15, -0.1) is 29.1 Å². The minimum absolute atomic E-state index is 0.0532. The van der Waals surface area contributed by atoms with E-state index in [9.17, 15) is 47.9 Å². The maximum absolute atomic E-state index is 12.7. The minimum atomic E-state index is -1.20. The predicted molar refractivity (Wildman–Crippen MR) is 500 cm³/mol. The number of nitrogens with zero attached hydrogens (tertiary/aromatic N) is 2. The number of carboxylic acid groups (broad SMARTS) is 1. The number of ketones is 2. The molecule has 0 atom stereocenters. The molecule has 640 valence electrons. The number of carbonyl (C=O) groups excluding carboxylic acids is 9. The molecular weight excluding hydrogens is 1860 g/mol. The summed E-state index contributed by atoms with van der Waals surface area (Å²) in [5.41, 5.74) is 11.7. The van der Waals surface area contributed by atoms with Gasteiger partial charge in [0.15, 0.2) is 23.8 Å². The molecule has 0 bridgehead atoms. The van der Waals surface area contributed by atoms with E-state index in [2.05, 4.69) is 104 Å². The Morgan fingerprint density at radius 1 is 0.359 bits per heavy atom. The summed E-state index contributed by atoms with van der Waals surface area (Å²) in [5, 5.41) is 15.6. The summed E-state index contributed by atoms with van der Waals surface area (Å²) in [4.78, 5) is 123.